The number of nitrogens with one attached hydrogen (secondary N) is 2. The highest BCUT2D eigenvalue weighted by atomic mass is 16.2. The molecule has 0 unspecified atom stereocenters. The molecule has 7 heteroatoms. The van der Waals surface area contributed by atoms with Gasteiger partial charge in [0.15, 0.2) is 5.82 Å². The van der Waals surface area contributed by atoms with Crippen LogP contribution in [0, 0.1) is 0 Å². The Balaban J connectivity index is 1.64. The number of hydrogen-bond acceptors (Lipinski definition) is 4. The molecule has 0 spiro atoms. The Morgan fingerprint density at radius 1 is 1.52 bits per heavy atom. The minimum Gasteiger partial charge on any atom is -0.332 e. The van der Waals surface area contributed by atoms with Gasteiger partial charge in [-0.3, -0.25) is 4.98 Å². The van der Waals surface area contributed by atoms with Crippen LogP contribution in [0.25, 0.3) is 0 Å². The number of fused-ring (bicyclic) bond motifs is 1. The lowest BCUT2D eigenvalue weighted by Gasteiger charge is -2.24. The summed E-state index contributed by atoms with van der Waals surface area (Å²) in [7, 11) is 0. The number of urea groups is 1. The van der Waals surface area contributed by atoms with Gasteiger partial charge in [-0.1, -0.05) is 13.0 Å². The van der Waals surface area contributed by atoms with E-state index < -0.39 is 0 Å². The molecule has 1 aliphatic heterocycles. The number of carbonyl (C=O) groups excluding carboxylic acids is 1. The fourth-order valence-electron chi connectivity index (χ4n) is 2.80. The van der Waals surface area contributed by atoms with E-state index in [0.29, 0.717) is 0 Å². The number of aryl methyl sites for hydroxylation is 2. The molecule has 2 aromatic rings. The Bertz CT molecular complexity index is 668. The summed E-state index contributed by atoms with van der Waals surface area (Å²) in [5.41, 5.74) is 0.975. The molecular formula is C16H22N6O. The first-order chi connectivity index (χ1) is 11.2. The van der Waals surface area contributed by atoms with Gasteiger partial charge in [-0.2, -0.15) is 5.10 Å². The van der Waals surface area contributed by atoms with Crippen molar-refractivity contribution in [2.75, 3.05) is 0 Å². The van der Waals surface area contributed by atoms with Crippen LogP contribution in [0.15, 0.2) is 24.5 Å². The Morgan fingerprint density at radius 2 is 2.39 bits per heavy atom. The van der Waals surface area contributed by atoms with E-state index in [1.807, 2.05) is 30.7 Å². The molecule has 0 saturated heterocycles. The maximum atomic E-state index is 12.3. The van der Waals surface area contributed by atoms with Gasteiger partial charge in [-0.15, -0.1) is 0 Å². The molecule has 2 N–H and O–H groups in total. The molecule has 3 rings (SSSR count). The van der Waals surface area contributed by atoms with Crippen molar-refractivity contribution in [1.82, 2.24) is 30.4 Å². The summed E-state index contributed by atoms with van der Waals surface area (Å²) >= 11 is 0. The molecule has 0 radical (unpaired) electrons. The fourth-order valence-corrected chi connectivity index (χ4v) is 2.80. The van der Waals surface area contributed by atoms with Crippen LogP contribution in [0.5, 0.6) is 0 Å². The smallest absolute Gasteiger partial charge is 0.315 e. The summed E-state index contributed by atoms with van der Waals surface area (Å²) in [4.78, 5) is 20.9. The first-order valence-electron chi connectivity index (χ1n) is 8.08. The molecule has 2 amide bonds. The topological polar surface area (TPSA) is 84.7 Å². The second-order valence-corrected chi connectivity index (χ2v) is 5.78. The molecule has 0 bridgehead atoms. The standard InChI is InChI=1S/C16H22N6O/c1-3-14-20-15-13(7-5-9-22(15)21-14)19-16(23)18-11(2)12-6-4-8-17-10-12/h4,6,8,10-11,13H,3,5,7,9H2,1-2H3,(H2,18,19,23)/t11-,13+/m0/s1. The SMILES string of the molecule is CCc1nc2n(n1)CCC[C@H]2NC(=O)N[C@@H](C)c1cccnc1. The third kappa shape index (κ3) is 3.49. The van der Waals surface area contributed by atoms with Gasteiger partial charge >= 0.3 is 6.03 Å². The van der Waals surface area contributed by atoms with Crippen LogP contribution < -0.4 is 10.6 Å². The summed E-state index contributed by atoms with van der Waals surface area (Å²) < 4.78 is 1.91. The zero-order chi connectivity index (χ0) is 16.2. The van der Waals surface area contributed by atoms with Crippen molar-refractivity contribution in [3.63, 3.8) is 0 Å². The summed E-state index contributed by atoms with van der Waals surface area (Å²) in [6, 6.07) is 3.43. The van der Waals surface area contributed by atoms with Crippen LogP contribution in [-0.2, 0) is 13.0 Å². The zero-order valence-electron chi connectivity index (χ0n) is 13.5. The van der Waals surface area contributed by atoms with Crippen molar-refractivity contribution < 1.29 is 4.79 Å². The van der Waals surface area contributed by atoms with Crippen LogP contribution >= 0.6 is 0 Å². The second-order valence-electron chi connectivity index (χ2n) is 5.78. The maximum Gasteiger partial charge on any atom is 0.315 e. The molecule has 2 aromatic heterocycles. The van der Waals surface area contributed by atoms with E-state index in [9.17, 15) is 4.79 Å². The van der Waals surface area contributed by atoms with Crippen molar-refractivity contribution in [2.45, 2.75) is 51.7 Å². The number of amides is 2. The minimum atomic E-state index is -0.194. The van der Waals surface area contributed by atoms with Crippen LogP contribution in [0.2, 0.25) is 0 Å². The molecule has 122 valence electrons. The largest absolute Gasteiger partial charge is 0.332 e. The summed E-state index contributed by atoms with van der Waals surface area (Å²) in [6.45, 7) is 4.84. The quantitative estimate of drug-likeness (QED) is 0.905. The molecule has 2 atom stereocenters. The molecule has 0 saturated carbocycles. The Kier molecular flexibility index (Phi) is 4.55. The predicted molar refractivity (Wildman–Crippen MR) is 85.7 cm³/mol. The van der Waals surface area contributed by atoms with E-state index in [1.165, 1.54) is 0 Å². The molecular weight excluding hydrogens is 292 g/mol. The lowest BCUT2D eigenvalue weighted by atomic mass is 10.1. The van der Waals surface area contributed by atoms with Gasteiger partial charge in [0.25, 0.3) is 0 Å². The summed E-state index contributed by atoms with van der Waals surface area (Å²) in [6.07, 6.45) is 6.16. The first kappa shape index (κ1) is 15.5. The molecule has 3 heterocycles. The Labute approximate surface area is 135 Å². The van der Waals surface area contributed by atoms with E-state index in [2.05, 4.69) is 25.7 Å². The summed E-state index contributed by atoms with van der Waals surface area (Å²) in [5, 5.41) is 10.4. The molecule has 23 heavy (non-hydrogen) atoms. The van der Waals surface area contributed by atoms with Crippen molar-refractivity contribution in [3.8, 4) is 0 Å². The number of nitrogens with zero attached hydrogens (tertiary/aromatic N) is 4. The zero-order valence-corrected chi connectivity index (χ0v) is 13.5. The van der Waals surface area contributed by atoms with Crippen molar-refractivity contribution in [2.24, 2.45) is 0 Å². The minimum absolute atomic E-state index is 0.0855. The third-order valence-electron chi connectivity index (χ3n) is 4.07. The van der Waals surface area contributed by atoms with Crippen molar-refractivity contribution in [1.29, 1.82) is 0 Å². The number of carbonyl (C=O) groups is 1. The van der Waals surface area contributed by atoms with Gasteiger partial charge in [0.2, 0.25) is 0 Å². The number of pyridine rings is 1. The number of rotatable bonds is 4. The van der Waals surface area contributed by atoms with Gasteiger partial charge in [0.1, 0.15) is 5.82 Å². The van der Waals surface area contributed by atoms with Gasteiger partial charge in [-0.25, -0.2) is 14.5 Å². The van der Waals surface area contributed by atoms with E-state index in [1.54, 1.807) is 12.4 Å². The highest BCUT2D eigenvalue weighted by molar-refractivity contribution is 5.74. The lowest BCUT2D eigenvalue weighted by molar-refractivity contribution is 0.229. The highest BCUT2D eigenvalue weighted by Gasteiger charge is 2.25. The Morgan fingerprint density at radius 3 is 3.13 bits per heavy atom. The highest BCUT2D eigenvalue weighted by Crippen LogP contribution is 2.23. The molecule has 0 fully saturated rings. The number of aromatic nitrogens is 4. The van der Waals surface area contributed by atoms with Crippen LogP contribution in [0.3, 0.4) is 0 Å². The molecule has 1 aliphatic rings. The van der Waals surface area contributed by atoms with Crippen LogP contribution in [-0.4, -0.2) is 25.8 Å². The predicted octanol–water partition coefficient (Wildman–Crippen LogP) is 2.13. The first-order valence-corrected chi connectivity index (χ1v) is 8.08. The lowest BCUT2D eigenvalue weighted by Crippen LogP contribution is -2.41. The second kappa shape index (κ2) is 6.76. The fraction of sp³-hybridized carbons (Fsp3) is 0.500. The molecule has 0 aliphatic carbocycles. The van der Waals surface area contributed by atoms with Gasteiger partial charge in [0, 0.05) is 25.4 Å². The van der Waals surface area contributed by atoms with Crippen LogP contribution in [0.1, 0.15) is 56.0 Å². The van der Waals surface area contributed by atoms with Crippen molar-refractivity contribution in [3.05, 3.63) is 41.7 Å². The van der Waals surface area contributed by atoms with Gasteiger partial charge in [-0.05, 0) is 31.4 Å². The van der Waals surface area contributed by atoms with E-state index in [0.717, 1.165) is 43.0 Å². The van der Waals surface area contributed by atoms with Crippen molar-refractivity contribution >= 4 is 6.03 Å². The summed E-state index contributed by atoms with van der Waals surface area (Å²) in [5.74, 6) is 1.69. The Hall–Kier alpha value is -2.44. The average molecular weight is 314 g/mol. The maximum absolute atomic E-state index is 12.3. The van der Waals surface area contributed by atoms with E-state index >= 15 is 0 Å². The van der Waals surface area contributed by atoms with E-state index in [4.69, 9.17) is 0 Å². The van der Waals surface area contributed by atoms with E-state index in [-0.39, 0.29) is 18.1 Å². The molecule has 0 aromatic carbocycles. The monoisotopic (exact) mass is 314 g/mol. The molecule has 7 nitrogen and oxygen atoms in total. The van der Waals surface area contributed by atoms with Gasteiger partial charge < -0.3 is 10.6 Å². The van der Waals surface area contributed by atoms with Crippen LogP contribution in [0.4, 0.5) is 4.79 Å². The van der Waals surface area contributed by atoms with Gasteiger partial charge in [0.05, 0.1) is 12.1 Å². The third-order valence-corrected chi connectivity index (χ3v) is 4.07. The number of hydrogen-bond donors (Lipinski definition) is 2. The normalized spacial score (nSPS) is 18.1. The average Bonchev–Trinajstić information content (AvgIpc) is 3.00.